The van der Waals surface area contributed by atoms with Gasteiger partial charge in [-0.1, -0.05) is 36.0 Å². The number of carbonyl (C=O) groups excluding carboxylic acids is 1. The van der Waals surface area contributed by atoms with Gasteiger partial charge in [-0.3, -0.25) is 82.1 Å². The Kier molecular flexibility index (Phi) is 25.1. The van der Waals surface area contributed by atoms with E-state index in [4.69, 9.17) is 4.74 Å². The fourth-order valence-corrected chi connectivity index (χ4v) is 16.0. The normalized spacial score (nSPS) is 12.5. The predicted molar refractivity (Wildman–Crippen MR) is 503 cm³/mol. The molecule has 1 aliphatic rings. The molecular weight excluding hydrogens is 1940 g/mol. The first-order valence-electron chi connectivity index (χ1n) is 42.6. The van der Waals surface area contributed by atoms with Crippen LogP contribution in [-0.2, 0) is 40.7 Å². The molecule has 0 spiro atoms. The van der Waals surface area contributed by atoms with Crippen molar-refractivity contribution in [1.82, 2.24) is 128 Å². The number of ether oxygens (including phenoxy) is 1. The van der Waals surface area contributed by atoms with Crippen LogP contribution in [-0.4, -0.2) is 166 Å². The molecule has 0 radical (unpaired) electrons. The van der Waals surface area contributed by atoms with Crippen molar-refractivity contribution in [3.8, 4) is 73.7 Å². The number of carbonyl (C=O) groups is 1. The van der Waals surface area contributed by atoms with Crippen LogP contribution in [0.15, 0.2) is 282 Å². The van der Waals surface area contributed by atoms with Crippen molar-refractivity contribution in [1.29, 1.82) is 0 Å². The molecule has 4 N–H and O–H groups in total. The van der Waals surface area contributed by atoms with Gasteiger partial charge in [0.15, 0.2) is 5.16 Å². The van der Waals surface area contributed by atoms with Crippen LogP contribution in [0.25, 0.3) is 161 Å². The average Bonchev–Trinajstić information content (AvgIpc) is 0.755. The number of ketones is 1. The molecule has 0 atom stereocenters. The van der Waals surface area contributed by atoms with Gasteiger partial charge < -0.3 is 9.64 Å². The number of aromatic nitrogens is 26. The number of Topliss-reactive ketones (excluding diaryl/α,β-unsaturated/α-hetero) is 1. The van der Waals surface area contributed by atoms with E-state index in [1.807, 2.05) is 11.2 Å². The number of hydrogen-bond donors (Lipinski definition) is 4. The molecule has 145 heavy (non-hydrogen) atoms. The summed E-state index contributed by atoms with van der Waals surface area (Å²) < 4.78 is 171. The van der Waals surface area contributed by atoms with Crippen LogP contribution in [0.1, 0.15) is 35.0 Å². The Morgan fingerprint density at radius 1 is 0.359 bits per heavy atom. The monoisotopic (exact) mass is 2000 g/mol. The largest absolute Gasteiger partial charge is 0.416 e. The van der Waals surface area contributed by atoms with Crippen LogP contribution in [0.3, 0.4) is 0 Å². The number of fused-ring (bicyclic) bond motifs is 12. The standard InChI is InChI=1S/C25H18F3N7O3.C24H13F3N8O2.C24H15F3N6O3.C22H13F3N6O2S/c26-25(27,28)15-2-1-3-16(10-15)35-21-17(22(36)33-24(35)37)13-29-19-5-4-18(32-20(19)21)14-11-30-23(31-12-14)34-6-8-38-9-7-34;25-24(26,27)14-3-1-4-15(9-14)35-20-16(21(36)33-23(35)37)12-28-18-6-5-17(32-19(18)20)13-10-29-22(30-11-13)34-8-2-7-31-34;1-12(34)7-19-29-9-13(10-30-19)17-5-6-18-20(31-17)21-16(11-28-18)22(35)32-23(36)33(21)15-4-2-3-14(8-15)24(25,26)27;1-34-20-27-8-11(9-28-20)15-5-6-16-17(29-15)18-14(10-26-16)19(32)30-21(33)31(18)13-4-2-3-12(7-13)22(23,24)25/h1-5,10-13H,6-9H2,(H,33,36,37);1-12H,(H,33,36,37);2-6,8-11H,7H2,1H3,(H,32,35,36);2-10H,1H3,(H,30,32,33). The summed E-state index contributed by atoms with van der Waals surface area (Å²) in [5, 5.41) is 4.60. The summed E-state index contributed by atoms with van der Waals surface area (Å²) in [6.45, 7) is 3.94. The third-order valence-electron chi connectivity index (χ3n) is 22.4. The van der Waals surface area contributed by atoms with Gasteiger partial charge in [-0.05, 0) is 141 Å². The fraction of sp³-hybridized carbons (Fsp3) is 0.116. The van der Waals surface area contributed by atoms with Crippen molar-refractivity contribution >= 4 is 111 Å². The third kappa shape index (κ3) is 19.3. The maximum Gasteiger partial charge on any atom is 0.416 e. The summed E-state index contributed by atoms with van der Waals surface area (Å²) >= 11 is 1.37. The van der Waals surface area contributed by atoms with Crippen molar-refractivity contribution in [3.63, 3.8) is 0 Å². The lowest BCUT2D eigenvalue weighted by Gasteiger charge is -2.26. The van der Waals surface area contributed by atoms with Gasteiger partial charge in [0, 0.05) is 122 Å². The predicted octanol–water partition coefficient (Wildman–Crippen LogP) is 13.3. The fourth-order valence-electron chi connectivity index (χ4n) is 15.7. The van der Waals surface area contributed by atoms with Crippen LogP contribution in [0, 0.1) is 0 Å². The Morgan fingerprint density at radius 3 is 0.924 bits per heavy atom. The van der Waals surface area contributed by atoms with Gasteiger partial charge in [0.05, 0.1) is 153 Å². The van der Waals surface area contributed by atoms with E-state index in [2.05, 4.69) is 105 Å². The molecule has 18 heterocycles. The van der Waals surface area contributed by atoms with Crippen molar-refractivity contribution < 1.29 is 62.2 Å². The molecule has 0 bridgehead atoms. The minimum atomic E-state index is -4.64. The zero-order valence-electron chi connectivity index (χ0n) is 73.9. The van der Waals surface area contributed by atoms with Crippen LogP contribution in [0.5, 0.6) is 0 Å². The van der Waals surface area contributed by atoms with Gasteiger partial charge in [-0.25, -0.2) is 83.7 Å². The number of benzene rings is 4. The molecule has 37 nitrogen and oxygen atoms in total. The molecule has 0 saturated carbocycles. The smallest absolute Gasteiger partial charge is 0.378 e. The molecule has 1 fully saturated rings. The quantitative estimate of drug-likeness (QED) is 0.0360. The van der Waals surface area contributed by atoms with E-state index in [0.29, 0.717) is 116 Å². The minimum absolute atomic E-state index is 0.00178. The number of halogens is 12. The molecule has 1 aliphatic heterocycles. The highest BCUT2D eigenvalue weighted by atomic mass is 32.2. The van der Waals surface area contributed by atoms with Crippen LogP contribution >= 0.6 is 11.8 Å². The first-order chi connectivity index (χ1) is 69.5. The molecule has 724 valence electrons. The number of nitrogens with one attached hydrogen (secondary N) is 4. The summed E-state index contributed by atoms with van der Waals surface area (Å²) in [5.74, 6) is 1.13. The maximum atomic E-state index is 13.4. The van der Waals surface area contributed by atoms with E-state index < -0.39 is 92.0 Å². The average molecular weight is 2000 g/mol. The Labute approximate surface area is 801 Å². The SMILES string of the molecule is CC(=O)Cc1ncc(-c2ccc3ncc4c(=O)[nH]c(=O)n(-c5cccc(C(F)(F)F)c5)c4c3n2)cn1.CSc1ncc(-c2ccc3ncc4c(=O)[nH]c(=O)n(-c5cccc(C(F)(F)F)c5)c4c3n2)cn1.O=c1[nH]c(=O)n(-c2cccc(C(F)(F)F)c2)c2c1cnc1ccc(-c3cnc(-n4cccn4)nc3)nc12.O=c1[nH]c(=O)n(-c2cccc(C(F)(F)F)c2)c2c1cnc1ccc(-c3cnc(N4CCOCC4)nc3)nc12. The van der Waals surface area contributed by atoms with Gasteiger partial charge >= 0.3 is 47.5 Å². The Hall–Kier alpha value is -18.6. The summed E-state index contributed by atoms with van der Waals surface area (Å²) in [7, 11) is 0. The lowest BCUT2D eigenvalue weighted by molar-refractivity contribution is -0.138. The van der Waals surface area contributed by atoms with E-state index in [1.54, 1.807) is 91.8 Å². The highest BCUT2D eigenvalue weighted by Gasteiger charge is 2.36. The first kappa shape index (κ1) is 95.3. The lowest BCUT2D eigenvalue weighted by Crippen LogP contribution is -2.37. The number of rotatable bonds is 13. The minimum Gasteiger partial charge on any atom is -0.378 e. The number of pyridine rings is 8. The number of H-pyrrole nitrogens is 4. The number of hydrogen-bond acceptors (Lipinski definition) is 29. The molecule has 4 aromatic carbocycles. The van der Waals surface area contributed by atoms with Crippen LogP contribution in [0.2, 0.25) is 0 Å². The van der Waals surface area contributed by atoms with Crippen molar-refractivity contribution in [3.05, 3.63) is 350 Å². The zero-order valence-corrected chi connectivity index (χ0v) is 74.7. The number of nitrogens with zero attached hydrogens (tertiary/aromatic N) is 23. The number of anilines is 1. The molecule has 50 heteroatoms. The summed E-state index contributed by atoms with van der Waals surface area (Å²) in [6, 6.07) is 31.9. The molecular formula is C95H59F12N27O10S. The van der Waals surface area contributed by atoms with E-state index in [1.165, 1.54) is 121 Å². The summed E-state index contributed by atoms with van der Waals surface area (Å²) in [5.41, 5.74) is -4.87. The second kappa shape index (κ2) is 38.2. The van der Waals surface area contributed by atoms with Crippen molar-refractivity contribution in [2.24, 2.45) is 0 Å². The Morgan fingerprint density at radius 2 is 0.648 bits per heavy atom. The number of aromatic amines is 4. The number of thioether (sulfide) groups is 1. The highest BCUT2D eigenvalue weighted by molar-refractivity contribution is 7.98. The molecule has 21 aromatic rings. The van der Waals surface area contributed by atoms with Gasteiger partial charge in [0.1, 0.15) is 33.7 Å². The third-order valence-corrected chi connectivity index (χ3v) is 23.0. The second-order valence-electron chi connectivity index (χ2n) is 31.7. The van der Waals surface area contributed by atoms with Gasteiger partial charge in [0.2, 0.25) is 11.9 Å². The lowest BCUT2D eigenvalue weighted by atomic mass is 10.1. The topological polar surface area (TPSA) is 473 Å². The molecule has 0 unspecified atom stereocenters. The van der Waals surface area contributed by atoms with E-state index in [-0.39, 0.29) is 101 Å². The van der Waals surface area contributed by atoms with E-state index in [0.717, 1.165) is 66.8 Å². The summed E-state index contributed by atoms with van der Waals surface area (Å²) in [4.78, 5) is 193. The molecule has 17 aromatic heterocycles. The number of morpholine rings is 1. The first-order valence-corrected chi connectivity index (χ1v) is 43.8. The summed E-state index contributed by atoms with van der Waals surface area (Å²) in [6.07, 6.45) is 4.10. The Bertz CT molecular complexity index is 9290. The second-order valence-corrected chi connectivity index (χ2v) is 32.5. The van der Waals surface area contributed by atoms with Crippen molar-refractivity contribution in [2.75, 3.05) is 37.5 Å². The van der Waals surface area contributed by atoms with Crippen LogP contribution < -0.4 is 49.9 Å². The molecule has 1 saturated heterocycles. The molecule has 0 amide bonds. The van der Waals surface area contributed by atoms with Gasteiger partial charge in [-0.2, -0.15) is 57.8 Å². The zero-order chi connectivity index (χ0) is 102. The highest BCUT2D eigenvalue weighted by Crippen LogP contribution is 2.38. The molecule has 22 rings (SSSR count). The molecule has 0 aliphatic carbocycles. The van der Waals surface area contributed by atoms with Crippen LogP contribution in [0.4, 0.5) is 58.6 Å². The maximum absolute atomic E-state index is 13.4. The van der Waals surface area contributed by atoms with Gasteiger partial charge in [0.25, 0.3) is 22.2 Å². The van der Waals surface area contributed by atoms with E-state index >= 15 is 0 Å². The number of alkyl halides is 12. The Balaban J connectivity index is 0.000000122. The van der Waals surface area contributed by atoms with Crippen molar-refractivity contribution in [2.45, 2.75) is 43.2 Å². The van der Waals surface area contributed by atoms with E-state index in [9.17, 15) is 95.8 Å². The van der Waals surface area contributed by atoms with Gasteiger partial charge in [-0.15, -0.1) is 0 Å².